The van der Waals surface area contributed by atoms with Crippen molar-refractivity contribution in [1.29, 1.82) is 0 Å². The lowest BCUT2D eigenvalue weighted by molar-refractivity contribution is -0.151. The van der Waals surface area contributed by atoms with Gasteiger partial charge in [-0.2, -0.15) is 0 Å². The number of imide groups is 1. The topological polar surface area (TPSA) is 82.1 Å². The molecule has 7 heteroatoms. The molecular weight excluding hydrogens is 314 g/mol. The molecule has 0 aromatic heterocycles. The van der Waals surface area contributed by atoms with E-state index in [4.69, 9.17) is 14.2 Å². The van der Waals surface area contributed by atoms with Gasteiger partial charge in [-0.3, -0.25) is 14.5 Å². The Balaban J connectivity index is 1.91. The number of amides is 2. The maximum atomic E-state index is 11.8. The Kier molecular flexibility index (Phi) is 5.95. The second-order valence-corrected chi connectivity index (χ2v) is 5.13. The van der Waals surface area contributed by atoms with Crippen molar-refractivity contribution in [1.82, 2.24) is 4.90 Å². The molecule has 2 amide bonds. The molecule has 0 saturated carbocycles. The number of methoxy groups -OCH3 is 2. The van der Waals surface area contributed by atoms with Crippen molar-refractivity contribution >= 4 is 23.9 Å². The maximum Gasteiger partial charge on any atom is 0.331 e. The number of carbonyl (C=O) groups is 3. The molecule has 1 aliphatic heterocycles. The molecule has 24 heavy (non-hydrogen) atoms. The van der Waals surface area contributed by atoms with Crippen LogP contribution in [0.1, 0.15) is 18.4 Å². The summed E-state index contributed by atoms with van der Waals surface area (Å²) in [7, 11) is 3.06. The molecule has 0 unspecified atom stereocenters. The van der Waals surface area contributed by atoms with Crippen LogP contribution in [0.25, 0.3) is 6.08 Å². The summed E-state index contributed by atoms with van der Waals surface area (Å²) in [5.74, 6) is -0.218. The van der Waals surface area contributed by atoms with Crippen molar-refractivity contribution in [2.75, 3.05) is 27.4 Å². The molecule has 7 nitrogen and oxygen atoms in total. The first-order valence-electron chi connectivity index (χ1n) is 7.44. The number of esters is 1. The zero-order chi connectivity index (χ0) is 17.5. The number of rotatable bonds is 6. The quantitative estimate of drug-likeness (QED) is 0.578. The van der Waals surface area contributed by atoms with Crippen LogP contribution in [0.4, 0.5) is 0 Å². The molecule has 1 aromatic rings. The molecule has 2 rings (SSSR count). The zero-order valence-corrected chi connectivity index (χ0v) is 13.6. The van der Waals surface area contributed by atoms with Crippen molar-refractivity contribution in [3.63, 3.8) is 0 Å². The van der Waals surface area contributed by atoms with E-state index in [0.29, 0.717) is 36.4 Å². The average molecular weight is 333 g/mol. The van der Waals surface area contributed by atoms with E-state index < -0.39 is 18.5 Å². The van der Waals surface area contributed by atoms with Crippen LogP contribution in [0.3, 0.4) is 0 Å². The second kappa shape index (κ2) is 8.14. The molecule has 1 saturated heterocycles. The van der Waals surface area contributed by atoms with E-state index in [9.17, 15) is 14.4 Å². The fourth-order valence-electron chi connectivity index (χ4n) is 2.26. The minimum absolute atomic E-state index is 0.227. The molecule has 0 N–H and O–H groups in total. The summed E-state index contributed by atoms with van der Waals surface area (Å²) in [6, 6.07) is 5.15. The third-order valence-corrected chi connectivity index (χ3v) is 3.50. The Morgan fingerprint density at radius 2 is 1.83 bits per heavy atom. The van der Waals surface area contributed by atoms with E-state index in [0.717, 1.165) is 4.90 Å². The number of nitrogens with zero attached hydrogens (tertiary/aromatic N) is 1. The first-order chi connectivity index (χ1) is 11.5. The highest BCUT2D eigenvalue weighted by Gasteiger charge is 2.26. The van der Waals surface area contributed by atoms with Crippen molar-refractivity contribution in [3.05, 3.63) is 29.8 Å². The first-order valence-corrected chi connectivity index (χ1v) is 7.44. The van der Waals surface area contributed by atoms with E-state index in [1.54, 1.807) is 18.2 Å². The Morgan fingerprint density at radius 3 is 2.38 bits per heavy atom. The summed E-state index contributed by atoms with van der Waals surface area (Å²) in [4.78, 5) is 36.0. The molecule has 1 heterocycles. The standard InChI is InChI=1S/C17H19NO6/c1-22-13-8-12(9-14(10-13)23-2)5-6-17(21)24-11-16(20)18-7-3-4-15(18)19/h5-6,8-10H,3-4,7,11H2,1-2H3/b6-5+. The maximum absolute atomic E-state index is 11.8. The largest absolute Gasteiger partial charge is 0.497 e. The summed E-state index contributed by atoms with van der Waals surface area (Å²) in [6.07, 6.45) is 3.74. The van der Waals surface area contributed by atoms with Crippen LogP contribution in [-0.2, 0) is 19.1 Å². The molecule has 0 aliphatic carbocycles. The summed E-state index contributed by atoms with van der Waals surface area (Å²) in [6.45, 7) is -0.0645. The number of benzene rings is 1. The zero-order valence-electron chi connectivity index (χ0n) is 13.6. The fourth-order valence-corrected chi connectivity index (χ4v) is 2.26. The minimum Gasteiger partial charge on any atom is -0.497 e. The van der Waals surface area contributed by atoms with E-state index in [2.05, 4.69) is 0 Å². The highest BCUT2D eigenvalue weighted by atomic mass is 16.5. The monoisotopic (exact) mass is 333 g/mol. The molecule has 1 aromatic carbocycles. The van der Waals surface area contributed by atoms with Crippen molar-refractivity contribution in [2.45, 2.75) is 12.8 Å². The molecule has 128 valence electrons. The Bertz CT molecular complexity index is 645. The Morgan fingerprint density at radius 1 is 1.17 bits per heavy atom. The normalized spacial score (nSPS) is 14.1. The van der Waals surface area contributed by atoms with Crippen LogP contribution in [-0.4, -0.2) is 50.1 Å². The van der Waals surface area contributed by atoms with Gasteiger partial charge in [-0.25, -0.2) is 4.79 Å². The van der Waals surface area contributed by atoms with Crippen molar-refractivity contribution < 1.29 is 28.6 Å². The third-order valence-electron chi connectivity index (χ3n) is 3.50. The van der Waals surface area contributed by atoms with E-state index in [-0.39, 0.29) is 5.91 Å². The molecular formula is C17H19NO6. The average Bonchev–Trinajstić information content (AvgIpc) is 3.03. The van der Waals surface area contributed by atoms with Gasteiger partial charge in [0.15, 0.2) is 6.61 Å². The molecule has 0 atom stereocenters. The molecule has 0 radical (unpaired) electrons. The molecule has 0 bridgehead atoms. The van der Waals surface area contributed by atoms with Gasteiger partial charge in [-0.1, -0.05) is 0 Å². The van der Waals surface area contributed by atoms with Gasteiger partial charge in [0.05, 0.1) is 14.2 Å². The van der Waals surface area contributed by atoms with Gasteiger partial charge < -0.3 is 14.2 Å². The van der Waals surface area contributed by atoms with Crippen LogP contribution in [0, 0.1) is 0 Å². The second-order valence-electron chi connectivity index (χ2n) is 5.13. The third kappa shape index (κ3) is 4.58. The number of hydrogen-bond donors (Lipinski definition) is 0. The summed E-state index contributed by atoms with van der Waals surface area (Å²) < 4.78 is 15.1. The highest BCUT2D eigenvalue weighted by Crippen LogP contribution is 2.23. The van der Waals surface area contributed by atoms with Crippen LogP contribution in [0.5, 0.6) is 11.5 Å². The fraction of sp³-hybridized carbons (Fsp3) is 0.353. The van der Waals surface area contributed by atoms with Crippen LogP contribution < -0.4 is 9.47 Å². The van der Waals surface area contributed by atoms with Gasteiger partial charge in [0.1, 0.15) is 11.5 Å². The highest BCUT2D eigenvalue weighted by molar-refractivity contribution is 5.98. The first kappa shape index (κ1) is 17.5. The smallest absolute Gasteiger partial charge is 0.331 e. The SMILES string of the molecule is COc1cc(/C=C/C(=O)OCC(=O)N2CCCC2=O)cc(OC)c1. The van der Waals surface area contributed by atoms with Crippen LogP contribution in [0.15, 0.2) is 24.3 Å². The lowest BCUT2D eigenvalue weighted by Gasteiger charge is -2.12. The molecule has 0 spiro atoms. The van der Waals surface area contributed by atoms with Crippen molar-refractivity contribution in [3.8, 4) is 11.5 Å². The van der Waals surface area contributed by atoms with E-state index in [1.807, 2.05) is 0 Å². The minimum atomic E-state index is -0.670. The molecule has 1 aliphatic rings. The summed E-state index contributed by atoms with van der Waals surface area (Å²) >= 11 is 0. The lowest BCUT2D eigenvalue weighted by atomic mass is 10.2. The van der Waals surface area contributed by atoms with Gasteiger partial charge in [0.2, 0.25) is 5.91 Å². The summed E-state index contributed by atoms with van der Waals surface area (Å²) in [5, 5.41) is 0. The van der Waals surface area contributed by atoms with Crippen LogP contribution in [0.2, 0.25) is 0 Å². The number of likely N-dealkylation sites (tertiary alicyclic amines) is 1. The van der Waals surface area contributed by atoms with Gasteiger partial charge in [0, 0.05) is 25.1 Å². The molecule has 1 fully saturated rings. The van der Waals surface area contributed by atoms with Gasteiger partial charge >= 0.3 is 5.97 Å². The van der Waals surface area contributed by atoms with Crippen LogP contribution >= 0.6 is 0 Å². The van der Waals surface area contributed by atoms with Gasteiger partial charge in [0.25, 0.3) is 5.91 Å². The van der Waals surface area contributed by atoms with Gasteiger partial charge in [-0.15, -0.1) is 0 Å². The number of ether oxygens (including phenoxy) is 3. The predicted octanol–water partition coefficient (Wildman–Crippen LogP) is 1.41. The Hall–Kier alpha value is -2.83. The van der Waals surface area contributed by atoms with Gasteiger partial charge in [-0.05, 0) is 30.2 Å². The number of hydrogen-bond acceptors (Lipinski definition) is 6. The summed E-state index contributed by atoms with van der Waals surface area (Å²) in [5.41, 5.74) is 0.684. The number of carbonyl (C=O) groups excluding carboxylic acids is 3. The van der Waals surface area contributed by atoms with Crippen molar-refractivity contribution in [2.24, 2.45) is 0 Å². The van der Waals surface area contributed by atoms with E-state index >= 15 is 0 Å². The predicted molar refractivity (Wildman–Crippen MR) is 85.5 cm³/mol. The lowest BCUT2D eigenvalue weighted by Crippen LogP contribution is -2.35. The van der Waals surface area contributed by atoms with E-state index in [1.165, 1.54) is 26.4 Å². The Labute approximate surface area is 139 Å².